The van der Waals surface area contributed by atoms with E-state index in [1.165, 1.54) is 30.5 Å². The topological polar surface area (TPSA) is 86.6 Å². The zero-order valence-corrected chi connectivity index (χ0v) is 24.0. The van der Waals surface area contributed by atoms with Gasteiger partial charge in [-0.1, -0.05) is 12.0 Å². The lowest BCUT2D eigenvalue weighted by molar-refractivity contribution is 0.107. The van der Waals surface area contributed by atoms with E-state index in [9.17, 15) is 13.9 Å². The van der Waals surface area contributed by atoms with E-state index >= 15 is 4.39 Å². The van der Waals surface area contributed by atoms with E-state index in [0.29, 0.717) is 54.7 Å². The quantitative estimate of drug-likeness (QED) is 0.319. The van der Waals surface area contributed by atoms with Gasteiger partial charge in [-0.05, 0) is 55.8 Å². The molecule has 4 aliphatic heterocycles. The Labute approximate surface area is 252 Å². The molecule has 0 unspecified atom stereocenters. The van der Waals surface area contributed by atoms with Crippen LogP contribution in [0.2, 0.25) is 0 Å². The highest BCUT2D eigenvalue weighted by atomic mass is 19.1. The Hall–Kier alpha value is -4.14. The zero-order valence-electron chi connectivity index (χ0n) is 24.0. The molecule has 11 heteroatoms. The van der Waals surface area contributed by atoms with Crippen LogP contribution in [-0.4, -0.2) is 81.5 Å². The Morgan fingerprint density at radius 1 is 1.14 bits per heavy atom. The average Bonchev–Trinajstić information content (AvgIpc) is 3.66. The summed E-state index contributed by atoms with van der Waals surface area (Å²) in [6.45, 7) is 2.79. The molecule has 2 N–H and O–H groups in total. The molecule has 226 valence electrons. The number of hydrogen-bond donors (Lipinski definition) is 2. The molecule has 4 saturated heterocycles. The largest absolute Gasteiger partial charge is 0.508 e. The summed E-state index contributed by atoms with van der Waals surface area (Å²) in [5.41, 5.74) is -0.468. The second kappa shape index (κ2) is 10.2. The van der Waals surface area contributed by atoms with E-state index in [4.69, 9.17) is 16.1 Å². The van der Waals surface area contributed by atoms with E-state index < -0.39 is 23.3 Å². The van der Waals surface area contributed by atoms with E-state index in [1.54, 1.807) is 0 Å². The highest BCUT2D eigenvalue weighted by Gasteiger charge is 2.49. The fourth-order valence-electron chi connectivity index (χ4n) is 7.89. The lowest BCUT2D eigenvalue weighted by Gasteiger charge is -2.34. The van der Waals surface area contributed by atoms with Crippen LogP contribution in [0, 0.1) is 24.0 Å². The predicted molar refractivity (Wildman–Crippen MR) is 160 cm³/mol. The Kier molecular flexibility index (Phi) is 6.36. The van der Waals surface area contributed by atoms with Crippen molar-refractivity contribution in [3.63, 3.8) is 0 Å². The number of phenols is 1. The fourth-order valence-corrected chi connectivity index (χ4v) is 7.89. The molecule has 8 nitrogen and oxygen atoms in total. The Balaban J connectivity index is 1.28. The maximum absolute atomic E-state index is 16.7. The summed E-state index contributed by atoms with van der Waals surface area (Å²) in [5, 5.41) is 15.2. The van der Waals surface area contributed by atoms with Crippen LogP contribution < -0.4 is 15.0 Å². The first-order chi connectivity index (χ1) is 21.3. The SMILES string of the molecule is C#Cc1c(F)ccc2cc(O)cc(-c3ncc4c(N5C[C@H]6CC[C@@H](C5)N6)nc(OC[C@@]56CCCN5C[C@H](F)C6)nc4c3F)c12. The number of halogens is 3. The first-order valence-electron chi connectivity index (χ1n) is 15.1. The number of anilines is 1. The second-order valence-corrected chi connectivity index (χ2v) is 12.6. The number of phenolic OH excluding ortho intramolecular Hbond substituents is 1. The van der Waals surface area contributed by atoms with Crippen molar-refractivity contribution in [2.24, 2.45) is 0 Å². The number of fused-ring (bicyclic) bond motifs is 5. The minimum absolute atomic E-state index is 0.00778. The van der Waals surface area contributed by atoms with Crippen LogP contribution in [-0.2, 0) is 0 Å². The molecule has 0 aliphatic carbocycles. The fraction of sp³-hybridized carbons (Fsp3) is 0.424. The molecule has 0 radical (unpaired) electrons. The number of hydrogen-bond acceptors (Lipinski definition) is 8. The first-order valence-corrected chi connectivity index (χ1v) is 15.1. The van der Waals surface area contributed by atoms with Crippen LogP contribution in [0.1, 0.15) is 37.7 Å². The van der Waals surface area contributed by atoms with Gasteiger partial charge in [0.1, 0.15) is 41.4 Å². The lowest BCUT2D eigenvalue weighted by atomic mass is 9.95. The number of nitrogens with one attached hydrogen (secondary N) is 1. The highest BCUT2D eigenvalue weighted by molar-refractivity contribution is 6.03. The zero-order chi connectivity index (χ0) is 30.2. The van der Waals surface area contributed by atoms with Gasteiger partial charge in [0, 0.05) is 55.3 Å². The number of nitrogens with zero attached hydrogens (tertiary/aromatic N) is 5. The molecule has 6 heterocycles. The van der Waals surface area contributed by atoms with Crippen LogP contribution in [0.5, 0.6) is 11.8 Å². The van der Waals surface area contributed by atoms with Crippen molar-refractivity contribution in [1.29, 1.82) is 0 Å². The van der Waals surface area contributed by atoms with Gasteiger partial charge in [0.25, 0.3) is 0 Å². The smallest absolute Gasteiger partial charge is 0.319 e. The van der Waals surface area contributed by atoms with Gasteiger partial charge < -0.3 is 20.1 Å². The number of alkyl halides is 1. The minimum atomic E-state index is -0.913. The summed E-state index contributed by atoms with van der Waals surface area (Å²) in [4.78, 5) is 18.1. The third-order valence-electron chi connectivity index (χ3n) is 9.84. The number of ether oxygens (including phenoxy) is 1. The van der Waals surface area contributed by atoms with Gasteiger partial charge in [0.2, 0.25) is 0 Å². The van der Waals surface area contributed by atoms with E-state index in [2.05, 4.69) is 31.0 Å². The van der Waals surface area contributed by atoms with Crippen LogP contribution in [0.4, 0.5) is 19.0 Å². The molecule has 44 heavy (non-hydrogen) atoms. The monoisotopic (exact) mass is 600 g/mol. The molecule has 0 spiro atoms. The summed E-state index contributed by atoms with van der Waals surface area (Å²) in [6, 6.07) is 6.07. The number of rotatable bonds is 5. The minimum Gasteiger partial charge on any atom is -0.508 e. The van der Waals surface area contributed by atoms with E-state index in [1.807, 2.05) is 0 Å². The van der Waals surface area contributed by atoms with Crippen LogP contribution in [0.3, 0.4) is 0 Å². The van der Waals surface area contributed by atoms with Crippen LogP contribution in [0.15, 0.2) is 30.5 Å². The molecule has 8 rings (SSSR count). The van der Waals surface area contributed by atoms with E-state index in [-0.39, 0.29) is 46.1 Å². The molecule has 4 aromatic rings. The molecular weight excluding hydrogens is 569 g/mol. The highest BCUT2D eigenvalue weighted by Crippen LogP contribution is 2.42. The molecule has 4 fully saturated rings. The van der Waals surface area contributed by atoms with Crippen molar-refractivity contribution >= 4 is 27.5 Å². The maximum Gasteiger partial charge on any atom is 0.319 e. The number of pyridine rings is 1. The molecule has 0 amide bonds. The van der Waals surface area contributed by atoms with Gasteiger partial charge in [-0.3, -0.25) is 9.88 Å². The van der Waals surface area contributed by atoms with Crippen LogP contribution in [0.25, 0.3) is 32.9 Å². The molecule has 4 atom stereocenters. The summed E-state index contributed by atoms with van der Waals surface area (Å²) in [5.74, 6) is 1.35. The van der Waals surface area contributed by atoms with Crippen LogP contribution >= 0.6 is 0 Å². The molecular formula is C33H31F3N6O2. The normalized spacial score (nSPS) is 26.4. The van der Waals surface area contributed by atoms with Gasteiger partial charge in [-0.15, -0.1) is 6.42 Å². The van der Waals surface area contributed by atoms with Crippen molar-refractivity contribution in [2.45, 2.75) is 55.9 Å². The van der Waals surface area contributed by atoms with Gasteiger partial charge in [0.05, 0.1) is 16.5 Å². The Morgan fingerprint density at radius 2 is 1.95 bits per heavy atom. The van der Waals surface area contributed by atoms with Crippen molar-refractivity contribution in [2.75, 3.05) is 37.7 Å². The van der Waals surface area contributed by atoms with Gasteiger partial charge in [-0.2, -0.15) is 9.97 Å². The van der Waals surface area contributed by atoms with Gasteiger partial charge in [-0.25, -0.2) is 13.2 Å². The number of piperazine rings is 1. The first kappa shape index (κ1) is 27.4. The predicted octanol–water partition coefficient (Wildman–Crippen LogP) is 4.71. The molecule has 2 aromatic heterocycles. The van der Waals surface area contributed by atoms with Crippen molar-refractivity contribution in [3.05, 3.63) is 47.7 Å². The summed E-state index contributed by atoms with van der Waals surface area (Å²) < 4.78 is 52.2. The average molecular weight is 601 g/mol. The molecule has 2 aromatic carbocycles. The second-order valence-electron chi connectivity index (χ2n) is 12.6. The lowest BCUT2D eigenvalue weighted by Crippen LogP contribution is -2.51. The Bertz CT molecular complexity index is 1850. The molecule has 2 bridgehead atoms. The maximum atomic E-state index is 16.7. The molecule has 4 aliphatic rings. The Morgan fingerprint density at radius 3 is 2.75 bits per heavy atom. The van der Waals surface area contributed by atoms with Crippen molar-refractivity contribution in [1.82, 2.24) is 25.2 Å². The molecule has 0 saturated carbocycles. The van der Waals surface area contributed by atoms with E-state index in [0.717, 1.165) is 32.2 Å². The summed E-state index contributed by atoms with van der Waals surface area (Å²) >= 11 is 0. The third-order valence-corrected chi connectivity index (χ3v) is 9.84. The third kappa shape index (κ3) is 4.34. The van der Waals surface area contributed by atoms with Crippen molar-refractivity contribution < 1.29 is 23.0 Å². The number of aromatic nitrogens is 3. The van der Waals surface area contributed by atoms with Crippen molar-refractivity contribution in [3.8, 4) is 35.4 Å². The summed E-state index contributed by atoms with van der Waals surface area (Å²) in [6.07, 6.45) is 10.5. The van der Waals surface area contributed by atoms with Gasteiger partial charge >= 0.3 is 6.01 Å². The summed E-state index contributed by atoms with van der Waals surface area (Å²) in [7, 11) is 0. The van der Waals surface area contributed by atoms with Gasteiger partial charge in [0.15, 0.2) is 5.82 Å². The number of aromatic hydroxyl groups is 1. The number of benzene rings is 2. The number of terminal acetylenes is 1. The standard InChI is InChI=1S/C33H31F3N6O2/c1-2-23-26(35)7-4-18-10-22(43)11-24(27(18)23)29-28(36)30-25(13-37-29)31(41-15-20-5-6-21(16-41)38-20)40-32(39-30)44-17-33-8-3-9-42(33)14-19(34)12-33/h1,4,7,10-11,13,19-21,38,43H,3,5-6,8-9,12,14-17H2/t19-,20-,21+,33+/m1/s1.